The molecule has 0 heterocycles. The van der Waals surface area contributed by atoms with Crippen LogP contribution in [0.2, 0.25) is 0 Å². The van der Waals surface area contributed by atoms with Gasteiger partial charge in [-0.15, -0.1) is 0 Å². The fourth-order valence-corrected chi connectivity index (χ4v) is 2.96. The first-order valence-corrected chi connectivity index (χ1v) is 8.20. The Morgan fingerprint density at radius 1 is 0.560 bits per heavy atom. The largest absolute Gasteiger partial charge is 0.508 e. The first kappa shape index (κ1) is 16.7. The van der Waals surface area contributed by atoms with Gasteiger partial charge in [0.2, 0.25) is 0 Å². The molecule has 0 saturated carbocycles. The predicted octanol–water partition coefficient (Wildman–Crippen LogP) is 5.17. The van der Waals surface area contributed by atoms with Crippen molar-refractivity contribution in [2.24, 2.45) is 0 Å². The third-order valence-electron chi connectivity index (χ3n) is 4.18. The number of phenolic OH excluding ortho intramolecular Hbond substituents is 3. The second kappa shape index (κ2) is 7.14. The predicted molar refractivity (Wildman–Crippen MR) is 101 cm³/mol. The second-order valence-electron chi connectivity index (χ2n) is 5.85. The summed E-state index contributed by atoms with van der Waals surface area (Å²) in [6, 6.07) is 21.3. The fraction of sp³-hybridized carbons (Fsp3) is 0.0909. The summed E-state index contributed by atoms with van der Waals surface area (Å²) in [4.78, 5) is 0. The van der Waals surface area contributed by atoms with Gasteiger partial charge in [0, 0.05) is 0 Å². The summed E-state index contributed by atoms with van der Waals surface area (Å²) in [7, 11) is 0. The van der Waals surface area contributed by atoms with Crippen molar-refractivity contribution in [1.29, 1.82) is 0 Å². The monoisotopic (exact) mass is 332 g/mol. The molecule has 126 valence electrons. The lowest BCUT2D eigenvalue weighted by atomic mass is 9.88. The van der Waals surface area contributed by atoms with Crippen LogP contribution in [-0.4, -0.2) is 15.3 Å². The van der Waals surface area contributed by atoms with E-state index in [9.17, 15) is 15.3 Å². The number of phenols is 3. The minimum atomic E-state index is 0.219. The van der Waals surface area contributed by atoms with E-state index in [2.05, 4.69) is 6.92 Å². The van der Waals surface area contributed by atoms with E-state index in [1.165, 1.54) is 0 Å². The summed E-state index contributed by atoms with van der Waals surface area (Å²) in [5.41, 5.74) is 5.14. The molecular weight excluding hydrogens is 312 g/mol. The van der Waals surface area contributed by atoms with Crippen LogP contribution in [0.25, 0.3) is 11.1 Å². The highest BCUT2D eigenvalue weighted by molar-refractivity contribution is 5.98. The van der Waals surface area contributed by atoms with Gasteiger partial charge in [-0.05, 0) is 70.7 Å². The van der Waals surface area contributed by atoms with Crippen LogP contribution in [0.4, 0.5) is 0 Å². The maximum Gasteiger partial charge on any atom is 0.115 e. The quantitative estimate of drug-likeness (QED) is 0.577. The van der Waals surface area contributed by atoms with Gasteiger partial charge in [0.25, 0.3) is 0 Å². The summed E-state index contributed by atoms with van der Waals surface area (Å²) in [6.45, 7) is 2.09. The SMILES string of the molecule is CCC(=C(c1ccc(O)cc1)c1ccc(O)cc1)c1ccc(O)cc1. The van der Waals surface area contributed by atoms with Crippen LogP contribution in [0, 0.1) is 0 Å². The molecule has 3 heteroatoms. The number of aromatic hydroxyl groups is 3. The highest BCUT2D eigenvalue weighted by atomic mass is 16.3. The molecule has 0 aliphatic carbocycles. The molecule has 3 aromatic rings. The number of rotatable bonds is 4. The van der Waals surface area contributed by atoms with Gasteiger partial charge < -0.3 is 15.3 Å². The number of hydrogen-bond donors (Lipinski definition) is 3. The topological polar surface area (TPSA) is 60.7 Å². The summed E-state index contributed by atoms with van der Waals surface area (Å²) in [6.07, 6.45) is 0.794. The molecule has 0 spiro atoms. The van der Waals surface area contributed by atoms with Crippen molar-refractivity contribution in [2.75, 3.05) is 0 Å². The molecule has 3 rings (SSSR count). The average molecular weight is 332 g/mol. The molecule has 0 unspecified atom stereocenters. The maximum absolute atomic E-state index is 9.61. The Morgan fingerprint density at radius 2 is 0.880 bits per heavy atom. The molecule has 25 heavy (non-hydrogen) atoms. The standard InChI is InChI=1S/C22H20O3/c1-2-21(15-3-9-18(23)10-4-15)22(16-5-11-19(24)12-6-16)17-7-13-20(25)14-8-17/h3-14,23-25H,2H2,1H3. The van der Waals surface area contributed by atoms with Crippen molar-refractivity contribution in [3.63, 3.8) is 0 Å². The van der Waals surface area contributed by atoms with Gasteiger partial charge in [0.1, 0.15) is 17.2 Å². The number of hydrogen-bond acceptors (Lipinski definition) is 3. The molecule has 0 fully saturated rings. The van der Waals surface area contributed by atoms with Gasteiger partial charge in [-0.1, -0.05) is 43.3 Å². The first-order chi connectivity index (χ1) is 12.1. The van der Waals surface area contributed by atoms with Crippen LogP contribution >= 0.6 is 0 Å². The Hall–Kier alpha value is -3.20. The lowest BCUT2D eigenvalue weighted by Gasteiger charge is -2.16. The summed E-state index contributed by atoms with van der Waals surface area (Å²) >= 11 is 0. The van der Waals surface area contributed by atoms with Gasteiger partial charge in [-0.25, -0.2) is 0 Å². The highest BCUT2D eigenvalue weighted by Crippen LogP contribution is 2.35. The van der Waals surface area contributed by atoms with Gasteiger partial charge >= 0.3 is 0 Å². The van der Waals surface area contributed by atoms with Gasteiger partial charge in [0.15, 0.2) is 0 Å². The third-order valence-corrected chi connectivity index (χ3v) is 4.18. The van der Waals surface area contributed by atoms with Crippen molar-refractivity contribution >= 4 is 11.1 Å². The van der Waals surface area contributed by atoms with E-state index < -0.39 is 0 Å². The van der Waals surface area contributed by atoms with E-state index in [1.807, 2.05) is 36.4 Å². The van der Waals surface area contributed by atoms with Crippen LogP contribution in [0.15, 0.2) is 72.8 Å². The van der Waals surface area contributed by atoms with Crippen LogP contribution < -0.4 is 0 Å². The fourth-order valence-electron chi connectivity index (χ4n) is 2.96. The van der Waals surface area contributed by atoms with E-state index in [1.54, 1.807) is 36.4 Å². The lowest BCUT2D eigenvalue weighted by Crippen LogP contribution is -1.94. The average Bonchev–Trinajstić information content (AvgIpc) is 2.63. The van der Waals surface area contributed by atoms with E-state index in [4.69, 9.17) is 0 Å². The molecule has 0 bridgehead atoms. The zero-order valence-corrected chi connectivity index (χ0v) is 14.0. The van der Waals surface area contributed by atoms with Gasteiger partial charge in [-0.3, -0.25) is 0 Å². The number of allylic oxidation sites excluding steroid dienone is 1. The van der Waals surface area contributed by atoms with Crippen molar-refractivity contribution in [3.8, 4) is 17.2 Å². The van der Waals surface area contributed by atoms with Crippen LogP contribution in [0.5, 0.6) is 17.2 Å². The molecule has 3 nitrogen and oxygen atoms in total. The van der Waals surface area contributed by atoms with Crippen molar-refractivity contribution in [2.45, 2.75) is 13.3 Å². The third kappa shape index (κ3) is 3.66. The normalized spacial score (nSPS) is 10.4. The molecular formula is C22H20O3. The Kier molecular flexibility index (Phi) is 4.75. The zero-order valence-electron chi connectivity index (χ0n) is 14.0. The molecule has 0 radical (unpaired) electrons. The van der Waals surface area contributed by atoms with E-state index >= 15 is 0 Å². The summed E-state index contributed by atoms with van der Waals surface area (Å²) < 4.78 is 0. The summed E-state index contributed by atoms with van der Waals surface area (Å²) in [5, 5.41) is 28.8. The van der Waals surface area contributed by atoms with E-state index in [0.29, 0.717) is 0 Å². The smallest absolute Gasteiger partial charge is 0.115 e. The van der Waals surface area contributed by atoms with Crippen molar-refractivity contribution in [1.82, 2.24) is 0 Å². The second-order valence-corrected chi connectivity index (χ2v) is 5.85. The Bertz CT molecular complexity index is 827. The molecule has 0 aliphatic rings. The maximum atomic E-state index is 9.61. The molecule has 3 N–H and O–H groups in total. The minimum absolute atomic E-state index is 0.219. The van der Waals surface area contributed by atoms with E-state index in [0.717, 1.165) is 34.3 Å². The van der Waals surface area contributed by atoms with Gasteiger partial charge in [0.05, 0.1) is 0 Å². The van der Waals surface area contributed by atoms with Crippen molar-refractivity contribution in [3.05, 3.63) is 89.5 Å². The van der Waals surface area contributed by atoms with E-state index in [-0.39, 0.29) is 17.2 Å². The molecule has 0 amide bonds. The molecule has 0 aliphatic heterocycles. The molecule has 0 saturated heterocycles. The highest BCUT2D eigenvalue weighted by Gasteiger charge is 2.13. The Balaban J connectivity index is 2.25. The Labute approximate surface area is 147 Å². The molecule has 3 aromatic carbocycles. The summed E-state index contributed by atoms with van der Waals surface area (Å²) in [5.74, 6) is 0.669. The zero-order chi connectivity index (χ0) is 17.8. The first-order valence-electron chi connectivity index (χ1n) is 8.20. The molecule has 0 aromatic heterocycles. The van der Waals surface area contributed by atoms with Crippen LogP contribution in [0.1, 0.15) is 30.0 Å². The lowest BCUT2D eigenvalue weighted by molar-refractivity contribution is 0.474. The van der Waals surface area contributed by atoms with Crippen molar-refractivity contribution < 1.29 is 15.3 Å². The van der Waals surface area contributed by atoms with Crippen LogP contribution in [-0.2, 0) is 0 Å². The number of benzene rings is 3. The Morgan fingerprint density at radius 3 is 1.20 bits per heavy atom. The minimum Gasteiger partial charge on any atom is -0.508 e. The molecule has 0 atom stereocenters. The van der Waals surface area contributed by atoms with Gasteiger partial charge in [-0.2, -0.15) is 0 Å². The van der Waals surface area contributed by atoms with Crippen LogP contribution in [0.3, 0.4) is 0 Å².